The standard InChI is InChI=1S/C19H23N7O3/c1-11(27)15-10-25(18-21-8-12-4-2-3-5-14(12)23-18)6-7-26(15)19-22-9-13(17(28)29)16(20)24-19/h8-9,15H,2-7,10H2,1H3,(H,28,29)(H2,20,22,24)/t15-/m1/s1. The highest BCUT2D eigenvalue weighted by molar-refractivity contribution is 5.92. The molecule has 10 heteroatoms. The molecule has 10 nitrogen and oxygen atoms in total. The molecule has 1 aliphatic carbocycles. The van der Waals surface area contributed by atoms with Gasteiger partial charge < -0.3 is 20.6 Å². The van der Waals surface area contributed by atoms with Crippen molar-refractivity contribution in [2.45, 2.75) is 38.6 Å². The predicted molar refractivity (Wildman–Crippen MR) is 106 cm³/mol. The van der Waals surface area contributed by atoms with Crippen LogP contribution in [0.15, 0.2) is 12.4 Å². The number of fused-ring (bicyclic) bond motifs is 1. The summed E-state index contributed by atoms with van der Waals surface area (Å²) in [4.78, 5) is 44.8. The van der Waals surface area contributed by atoms with E-state index in [1.807, 2.05) is 11.1 Å². The maximum atomic E-state index is 12.4. The first kappa shape index (κ1) is 19.0. The first-order chi connectivity index (χ1) is 13.9. The molecule has 3 N–H and O–H groups in total. The molecule has 4 rings (SSSR count). The van der Waals surface area contributed by atoms with Crippen LogP contribution in [0.25, 0.3) is 0 Å². The first-order valence-electron chi connectivity index (χ1n) is 9.66. The van der Waals surface area contributed by atoms with Gasteiger partial charge in [0.15, 0.2) is 5.78 Å². The van der Waals surface area contributed by atoms with E-state index in [9.17, 15) is 9.59 Å². The van der Waals surface area contributed by atoms with E-state index in [-0.39, 0.29) is 23.1 Å². The topological polar surface area (TPSA) is 138 Å². The van der Waals surface area contributed by atoms with E-state index < -0.39 is 12.0 Å². The van der Waals surface area contributed by atoms with Crippen LogP contribution >= 0.6 is 0 Å². The number of carboxylic acids is 1. The Morgan fingerprint density at radius 3 is 2.59 bits per heavy atom. The molecule has 2 aromatic rings. The summed E-state index contributed by atoms with van der Waals surface area (Å²) in [6.45, 7) is 2.98. The average molecular weight is 397 g/mol. The molecule has 0 amide bonds. The minimum Gasteiger partial charge on any atom is -0.477 e. The second-order valence-electron chi connectivity index (χ2n) is 7.39. The van der Waals surface area contributed by atoms with Gasteiger partial charge in [0.2, 0.25) is 11.9 Å². The summed E-state index contributed by atoms with van der Waals surface area (Å²) in [6, 6.07) is -0.501. The third-order valence-corrected chi connectivity index (χ3v) is 5.48. The number of rotatable bonds is 4. The number of aromatic carboxylic acids is 1. The summed E-state index contributed by atoms with van der Waals surface area (Å²) < 4.78 is 0. The quantitative estimate of drug-likeness (QED) is 0.758. The van der Waals surface area contributed by atoms with Crippen molar-refractivity contribution >= 4 is 29.5 Å². The minimum atomic E-state index is -1.19. The van der Waals surface area contributed by atoms with Gasteiger partial charge in [-0.2, -0.15) is 4.98 Å². The number of carboxylic acid groups (broad SMARTS) is 1. The van der Waals surface area contributed by atoms with Crippen LogP contribution in [0.3, 0.4) is 0 Å². The van der Waals surface area contributed by atoms with Gasteiger partial charge in [0, 0.05) is 37.7 Å². The fourth-order valence-electron chi connectivity index (χ4n) is 3.86. The van der Waals surface area contributed by atoms with E-state index in [2.05, 4.69) is 15.0 Å². The molecule has 2 aromatic heterocycles. The van der Waals surface area contributed by atoms with Crippen LogP contribution in [0.5, 0.6) is 0 Å². The first-order valence-corrected chi connectivity index (χ1v) is 9.66. The summed E-state index contributed by atoms with van der Waals surface area (Å²) in [5.41, 5.74) is 7.91. The van der Waals surface area contributed by atoms with Crippen LogP contribution < -0.4 is 15.5 Å². The van der Waals surface area contributed by atoms with Crippen LogP contribution in [0.4, 0.5) is 17.7 Å². The number of nitrogens with two attached hydrogens (primary N) is 1. The summed E-state index contributed by atoms with van der Waals surface area (Å²) >= 11 is 0. The molecule has 0 unspecified atom stereocenters. The van der Waals surface area contributed by atoms with Crippen molar-refractivity contribution in [1.29, 1.82) is 0 Å². The zero-order chi connectivity index (χ0) is 20.5. The zero-order valence-electron chi connectivity index (χ0n) is 16.2. The Morgan fingerprint density at radius 2 is 1.86 bits per heavy atom. The largest absolute Gasteiger partial charge is 0.477 e. The number of Topliss-reactive ketones (excluding diaryl/α,β-unsaturated/α-hetero) is 1. The van der Waals surface area contributed by atoms with Crippen LogP contribution in [0.2, 0.25) is 0 Å². The predicted octanol–water partition coefficient (Wildman–Crippen LogP) is 0.710. The van der Waals surface area contributed by atoms with Crippen molar-refractivity contribution < 1.29 is 14.7 Å². The van der Waals surface area contributed by atoms with Crippen LogP contribution in [0.1, 0.15) is 41.4 Å². The summed E-state index contributed by atoms with van der Waals surface area (Å²) in [5, 5.41) is 9.10. The van der Waals surface area contributed by atoms with E-state index in [1.165, 1.54) is 25.1 Å². The van der Waals surface area contributed by atoms with Gasteiger partial charge in [-0.15, -0.1) is 0 Å². The van der Waals surface area contributed by atoms with Crippen LogP contribution in [0, 0.1) is 0 Å². The third kappa shape index (κ3) is 3.69. The molecule has 1 aliphatic heterocycles. The zero-order valence-corrected chi connectivity index (χ0v) is 16.2. The Balaban J connectivity index is 1.57. The van der Waals surface area contributed by atoms with Crippen molar-refractivity contribution in [2.75, 3.05) is 35.2 Å². The van der Waals surface area contributed by atoms with Crippen LogP contribution in [-0.2, 0) is 17.6 Å². The average Bonchev–Trinajstić information content (AvgIpc) is 2.72. The van der Waals surface area contributed by atoms with E-state index in [1.54, 1.807) is 4.90 Å². The second-order valence-corrected chi connectivity index (χ2v) is 7.39. The molecule has 1 fully saturated rings. The van der Waals surface area contributed by atoms with E-state index >= 15 is 0 Å². The van der Waals surface area contributed by atoms with Crippen molar-refractivity contribution in [2.24, 2.45) is 0 Å². The molecule has 0 spiro atoms. The van der Waals surface area contributed by atoms with Gasteiger partial charge in [0.1, 0.15) is 17.4 Å². The molecule has 3 heterocycles. The number of nitrogen functional groups attached to an aromatic ring is 1. The third-order valence-electron chi connectivity index (χ3n) is 5.48. The number of hydrogen-bond donors (Lipinski definition) is 2. The molecule has 1 saturated heterocycles. The maximum Gasteiger partial charge on any atom is 0.341 e. The highest BCUT2D eigenvalue weighted by Crippen LogP contribution is 2.24. The highest BCUT2D eigenvalue weighted by Gasteiger charge is 2.33. The number of aryl methyl sites for hydroxylation is 2. The lowest BCUT2D eigenvalue weighted by Crippen LogP contribution is -2.57. The fourth-order valence-corrected chi connectivity index (χ4v) is 3.86. The maximum absolute atomic E-state index is 12.4. The molecular formula is C19H23N7O3. The van der Waals surface area contributed by atoms with Crippen molar-refractivity contribution in [3.05, 3.63) is 29.2 Å². The SMILES string of the molecule is CC(=O)[C@H]1CN(c2ncc3c(n2)CCCC3)CCN1c1ncc(C(=O)O)c(N)n1. The number of carbonyl (C=O) groups is 2. The fraction of sp³-hybridized carbons (Fsp3) is 0.474. The number of piperazine rings is 1. The molecule has 152 valence electrons. The lowest BCUT2D eigenvalue weighted by Gasteiger charge is -2.40. The van der Waals surface area contributed by atoms with Gasteiger partial charge >= 0.3 is 5.97 Å². The van der Waals surface area contributed by atoms with Gasteiger partial charge in [0.25, 0.3) is 0 Å². The Morgan fingerprint density at radius 1 is 1.10 bits per heavy atom. The van der Waals surface area contributed by atoms with Gasteiger partial charge in [-0.05, 0) is 38.2 Å². The van der Waals surface area contributed by atoms with Gasteiger partial charge in [-0.1, -0.05) is 0 Å². The molecule has 29 heavy (non-hydrogen) atoms. The van der Waals surface area contributed by atoms with E-state index in [4.69, 9.17) is 15.8 Å². The highest BCUT2D eigenvalue weighted by atomic mass is 16.4. The van der Waals surface area contributed by atoms with E-state index in [0.29, 0.717) is 25.6 Å². The van der Waals surface area contributed by atoms with Gasteiger partial charge in [0.05, 0.1) is 0 Å². The number of anilines is 3. The van der Waals surface area contributed by atoms with Crippen LogP contribution in [-0.4, -0.2) is 62.5 Å². The summed E-state index contributed by atoms with van der Waals surface area (Å²) in [6.07, 6.45) is 7.37. The number of carbonyl (C=O) groups excluding carboxylic acids is 1. The van der Waals surface area contributed by atoms with E-state index in [0.717, 1.165) is 25.0 Å². The van der Waals surface area contributed by atoms with Crippen molar-refractivity contribution in [3.8, 4) is 0 Å². The molecule has 0 aromatic carbocycles. The Bertz CT molecular complexity index is 965. The number of hydrogen-bond acceptors (Lipinski definition) is 9. The number of aromatic nitrogens is 4. The lowest BCUT2D eigenvalue weighted by molar-refractivity contribution is -0.118. The molecule has 0 radical (unpaired) electrons. The Kier molecular flexibility index (Phi) is 4.99. The molecule has 1 atom stereocenters. The Labute approximate surface area is 167 Å². The smallest absolute Gasteiger partial charge is 0.341 e. The molecule has 0 saturated carbocycles. The second kappa shape index (κ2) is 7.61. The summed E-state index contributed by atoms with van der Waals surface area (Å²) in [7, 11) is 0. The molecule has 2 aliphatic rings. The normalized spacial score (nSPS) is 19.0. The van der Waals surface area contributed by atoms with Crippen molar-refractivity contribution in [3.63, 3.8) is 0 Å². The lowest BCUT2D eigenvalue weighted by atomic mass is 9.98. The van der Waals surface area contributed by atoms with Gasteiger partial charge in [-0.3, -0.25) is 4.79 Å². The number of ketones is 1. The molecule has 0 bridgehead atoms. The molecular weight excluding hydrogens is 374 g/mol. The monoisotopic (exact) mass is 397 g/mol. The van der Waals surface area contributed by atoms with Crippen molar-refractivity contribution in [1.82, 2.24) is 19.9 Å². The minimum absolute atomic E-state index is 0.0443. The van der Waals surface area contributed by atoms with Gasteiger partial charge in [-0.25, -0.2) is 19.7 Å². The Hall–Kier alpha value is -3.30. The summed E-state index contributed by atoms with van der Waals surface area (Å²) in [5.74, 6) is -0.467. The number of nitrogens with zero attached hydrogens (tertiary/aromatic N) is 6.